The smallest absolute Gasteiger partial charge is 0.329 e. The van der Waals surface area contributed by atoms with E-state index in [1.165, 1.54) is 0 Å². The minimum Gasteiger partial charge on any atom is -0.357 e. The Bertz CT molecular complexity index is 559. The van der Waals surface area contributed by atoms with E-state index < -0.39 is 10.5 Å². The molecule has 1 aromatic rings. The van der Waals surface area contributed by atoms with E-state index in [1.54, 1.807) is 25.8 Å². The van der Waals surface area contributed by atoms with Gasteiger partial charge in [0.15, 0.2) is 0 Å². The molecule has 0 spiro atoms. The Hall–Kier alpha value is -2.45. The van der Waals surface area contributed by atoms with E-state index >= 15 is 0 Å². The van der Waals surface area contributed by atoms with Crippen LogP contribution in [0.15, 0.2) is 6.20 Å². The lowest BCUT2D eigenvalue weighted by Crippen LogP contribution is -2.62. The Balaban J connectivity index is 2.54. The summed E-state index contributed by atoms with van der Waals surface area (Å²) in [5, 5.41) is 16.6. The minimum atomic E-state index is -0.914. The zero-order chi connectivity index (χ0) is 14.9. The number of carbonyl (C=O) groups is 1. The Kier molecular flexibility index (Phi) is 3.43. The molecule has 0 bridgehead atoms. The summed E-state index contributed by atoms with van der Waals surface area (Å²) in [7, 11) is 1.62. The number of rotatable bonds is 3. The summed E-state index contributed by atoms with van der Waals surface area (Å²) in [4.78, 5) is 32.2. The molecule has 9 nitrogen and oxygen atoms in total. The van der Waals surface area contributed by atoms with Crippen LogP contribution in [0.3, 0.4) is 0 Å². The number of hydrogen-bond acceptors (Lipinski definition) is 7. The van der Waals surface area contributed by atoms with Crippen LogP contribution in [0.5, 0.6) is 0 Å². The fourth-order valence-electron chi connectivity index (χ4n) is 2.08. The molecule has 108 valence electrons. The van der Waals surface area contributed by atoms with Gasteiger partial charge in [-0.1, -0.05) is 0 Å². The molecule has 1 saturated heterocycles. The Labute approximate surface area is 115 Å². The van der Waals surface area contributed by atoms with Gasteiger partial charge in [-0.15, -0.1) is 0 Å². The number of carbonyl (C=O) groups excluding carboxylic acids is 1. The quantitative estimate of drug-likeness (QED) is 0.598. The summed E-state index contributed by atoms with van der Waals surface area (Å²) in [5.41, 5.74) is -1.13. The highest BCUT2D eigenvalue weighted by atomic mass is 16.6. The molecule has 9 heteroatoms. The van der Waals surface area contributed by atoms with Crippen LogP contribution >= 0.6 is 0 Å². The number of nitrogens with one attached hydrogen (secondary N) is 2. The fourth-order valence-corrected chi connectivity index (χ4v) is 2.08. The molecular weight excluding hydrogens is 264 g/mol. The van der Waals surface area contributed by atoms with E-state index in [9.17, 15) is 14.9 Å². The molecule has 0 atom stereocenters. The van der Waals surface area contributed by atoms with Crippen molar-refractivity contribution < 1.29 is 9.72 Å². The first-order valence-electron chi connectivity index (χ1n) is 6.13. The largest absolute Gasteiger partial charge is 0.357 e. The molecule has 1 fully saturated rings. The summed E-state index contributed by atoms with van der Waals surface area (Å²) >= 11 is 0. The van der Waals surface area contributed by atoms with Gasteiger partial charge in [-0.3, -0.25) is 14.9 Å². The van der Waals surface area contributed by atoms with Crippen LogP contribution in [-0.2, 0) is 4.79 Å². The monoisotopic (exact) mass is 280 g/mol. The third-order valence-electron chi connectivity index (χ3n) is 3.28. The van der Waals surface area contributed by atoms with Gasteiger partial charge in [0.2, 0.25) is 17.7 Å². The van der Waals surface area contributed by atoms with Gasteiger partial charge in [0.05, 0.1) is 4.92 Å². The first-order chi connectivity index (χ1) is 9.37. The molecule has 2 N–H and O–H groups in total. The van der Waals surface area contributed by atoms with Crippen molar-refractivity contribution >= 4 is 23.4 Å². The molecule has 2 heterocycles. The van der Waals surface area contributed by atoms with Crippen LogP contribution in [0.1, 0.15) is 13.8 Å². The van der Waals surface area contributed by atoms with Gasteiger partial charge in [0.25, 0.3) is 0 Å². The maximum absolute atomic E-state index is 12.0. The minimum absolute atomic E-state index is 0.147. The summed E-state index contributed by atoms with van der Waals surface area (Å²) in [6.45, 7) is 4.26. The maximum atomic E-state index is 12.0. The van der Waals surface area contributed by atoms with Crippen molar-refractivity contribution in [2.24, 2.45) is 0 Å². The van der Waals surface area contributed by atoms with E-state index in [4.69, 9.17) is 0 Å². The summed E-state index contributed by atoms with van der Waals surface area (Å²) in [6.07, 6.45) is 1.15. The molecule has 2 rings (SSSR count). The van der Waals surface area contributed by atoms with Crippen LogP contribution in [0.4, 0.5) is 17.5 Å². The summed E-state index contributed by atoms with van der Waals surface area (Å²) in [6, 6.07) is 0. The van der Waals surface area contributed by atoms with Crippen molar-refractivity contribution in [3.63, 3.8) is 0 Å². The number of nitrogens with zero attached hydrogens (tertiary/aromatic N) is 4. The molecule has 0 saturated carbocycles. The van der Waals surface area contributed by atoms with Crippen LogP contribution in [0, 0.1) is 10.1 Å². The van der Waals surface area contributed by atoms with E-state index in [2.05, 4.69) is 20.6 Å². The number of piperazine rings is 1. The highest BCUT2D eigenvalue weighted by molar-refractivity contribution is 5.90. The number of nitro groups is 1. The average Bonchev–Trinajstić information content (AvgIpc) is 2.41. The van der Waals surface area contributed by atoms with Crippen molar-refractivity contribution in [1.29, 1.82) is 0 Å². The van der Waals surface area contributed by atoms with Crippen molar-refractivity contribution in [3.05, 3.63) is 16.3 Å². The van der Waals surface area contributed by atoms with Gasteiger partial charge in [-0.05, 0) is 13.8 Å². The maximum Gasteiger partial charge on any atom is 0.329 e. The fraction of sp³-hybridized carbons (Fsp3) is 0.545. The van der Waals surface area contributed by atoms with E-state index in [-0.39, 0.29) is 23.4 Å². The molecule has 1 amide bonds. The van der Waals surface area contributed by atoms with Gasteiger partial charge >= 0.3 is 5.69 Å². The highest BCUT2D eigenvalue weighted by Gasteiger charge is 2.41. The van der Waals surface area contributed by atoms with Crippen LogP contribution < -0.4 is 15.5 Å². The molecule has 1 aliphatic rings. The SMILES string of the molecule is CNc1ncc([N+](=O)[O-])c(N2CCNC(=O)C2(C)C)n1. The van der Waals surface area contributed by atoms with Gasteiger partial charge in [-0.2, -0.15) is 4.98 Å². The van der Waals surface area contributed by atoms with E-state index in [1.807, 2.05) is 0 Å². The molecular formula is C11H16N6O3. The van der Waals surface area contributed by atoms with Crippen LogP contribution in [0.25, 0.3) is 0 Å². The van der Waals surface area contributed by atoms with Crippen molar-refractivity contribution in [1.82, 2.24) is 15.3 Å². The number of anilines is 2. The summed E-state index contributed by atoms with van der Waals surface area (Å²) < 4.78 is 0. The molecule has 0 radical (unpaired) electrons. The third kappa shape index (κ3) is 2.22. The molecule has 20 heavy (non-hydrogen) atoms. The predicted octanol–water partition coefficient (Wildman–Crippen LogP) is 0.141. The lowest BCUT2D eigenvalue weighted by Gasteiger charge is -2.41. The second-order valence-corrected chi connectivity index (χ2v) is 4.88. The predicted molar refractivity (Wildman–Crippen MR) is 72.7 cm³/mol. The van der Waals surface area contributed by atoms with Gasteiger partial charge in [-0.25, -0.2) is 4.98 Å². The lowest BCUT2D eigenvalue weighted by molar-refractivity contribution is -0.384. The van der Waals surface area contributed by atoms with Crippen molar-refractivity contribution in [3.8, 4) is 0 Å². The van der Waals surface area contributed by atoms with Crippen molar-refractivity contribution in [2.45, 2.75) is 19.4 Å². The average molecular weight is 280 g/mol. The topological polar surface area (TPSA) is 113 Å². The zero-order valence-electron chi connectivity index (χ0n) is 11.5. The second kappa shape index (κ2) is 4.91. The van der Waals surface area contributed by atoms with Crippen molar-refractivity contribution in [2.75, 3.05) is 30.4 Å². The zero-order valence-corrected chi connectivity index (χ0v) is 11.5. The number of amides is 1. The Morgan fingerprint density at radius 3 is 2.85 bits per heavy atom. The normalized spacial score (nSPS) is 17.6. The highest BCUT2D eigenvalue weighted by Crippen LogP contribution is 2.32. The molecule has 0 aliphatic carbocycles. The van der Waals surface area contributed by atoms with Gasteiger partial charge < -0.3 is 15.5 Å². The number of aromatic nitrogens is 2. The van der Waals surface area contributed by atoms with Crippen LogP contribution in [-0.4, -0.2) is 46.5 Å². The molecule has 0 unspecified atom stereocenters. The van der Waals surface area contributed by atoms with Crippen LogP contribution in [0.2, 0.25) is 0 Å². The molecule has 1 aliphatic heterocycles. The van der Waals surface area contributed by atoms with E-state index in [0.717, 1.165) is 6.20 Å². The summed E-state index contributed by atoms with van der Waals surface area (Å²) in [5.74, 6) is 0.226. The van der Waals surface area contributed by atoms with E-state index in [0.29, 0.717) is 13.1 Å². The lowest BCUT2D eigenvalue weighted by atomic mass is 9.99. The standard InChI is InChI=1S/C11H16N6O3/c1-11(2)9(18)13-4-5-16(11)8-7(17(19)20)6-14-10(12-3)15-8/h6H,4-5H2,1-3H3,(H,13,18)(H,12,14,15). The Morgan fingerprint density at radius 1 is 1.55 bits per heavy atom. The first kappa shape index (κ1) is 14.0. The third-order valence-corrected chi connectivity index (χ3v) is 3.28. The second-order valence-electron chi connectivity index (χ2n) is 4.88. The number of hydrogen-bond donors (Lipinski definition) is 2. The molecule has 0 aromatic carbocycles. The molecule has 1 aromatic heterocycles. The first-order valence-corrected chi connectivity index (χ1v) is 6.13. The van der Waals surface area contributed by atoms with Gasteiger partial charge in [0.1, 0.15) is 11.7 Å². The Morgan fingerprint density at radius 2 is 2.25 bits per heavy atom. The van der Waals surface area contributed by atoms with Gasteiger partial charge in [0, 0.05) is 20.1 Å².